The van der Waals surface area contributed by atoms with Crippen molar-refractivity contribution in [3.63, 3.8) is 0 Å². The van der Waals surface area contributed by atoms with Crippen LogP contribution in [0.15, 0.2) is 43.0 Å². The van der Waals surface area contributed by atoms with Crippen LogP contribution in [0.4, 0.5) is 0 Å². The Morgan fingerprint density at radius 3 is 2.32 bits per heavy atom. The maximum absolute atomic E-state index is 12.2. The maximum atomic E-state index is 12.2. The average molecular weight is 342 g/mol. The Balaban J connectivity index is 1.73. The zero-order valence-corrected chi connectivity index (χ0v) is 14.6. The van der Waals surface area contributed by atoms with Gasteiger partial charge in [-0.15, -0.1) is 6.58 Å². The van der Waals surface area contributed by atoms with E-state index in [4.69, 9.17) is 0 Å². The molecule has 0 fully saturated rings. The van der Waals surface area contributed by atoms with E-state index in [0.717, 1.165) is 19.3 Å². The normalized spacial score (nSPS) is 16.4. The van der Waals surface area contributed by atoms with Crippen molar-refractivity contribution in [2.24, 2.45) is 0 Å². The van der Waals surface area contributed by atoms with E-state index in [1.807, 2.05) is 6.08 Å². The van der Waals surface area contributed by atoms with Gasteiger partial charge in [0.2, 0.25) is 6.29 Å². The second-order valence-electron chi connectivity index (χ2n) is 6.34. The van der Waals surface area contributed by atoms with Gasteiger partial charge in [-0.25, -0.2) is 4.79 Å². The minimum absolute atomic E-state index is 0.131. The van der Waals surface area contributed by atoms with E-state index in [9.17, 15) is 14.7 Å². The Morgan fingerprint density at radius 2 is 1.72 bits per heavy atom. The number of aliphatic hydroxyl groups is 1. The molecule has 25 heavy (non-hydrogen) atoms. The van der Waals surface area contributed by atoms with Crippen LogP contribution in [-0.4, -0.2) is 23.1 Å². The van der Waals surface area contributed by atoms with Gasteiger partial charge in [-0.2, -0.15) is 0 Å². The van der Waals surface area contributed by atoms with Gasteiger partial charge in [0.25, 0.3) is 0 Å². The van der Waals surface area contributed by atoms with Crippen molar-refractivity contribution < 1.29 is 19.4 Å². The third-order valence-electron chi connectivity index (χ3n) is 4.37. The maximum Gasteiger partial charge on any atom is 0.333 e. The first-order valence-electron chi connectivity index (χ1n) is 8.96. The molecule has 1 unspecified atom stereocenters. The van der Waals surface area contributed by atoms with E-state index >= 15 is 0 Å². The second kappa shape index (κ2) is 9.94. The fourth-order valence-electron chi connectivity index (χ4n) is 2.91. The average Bonchev–Trinajstić information content (AvgIpc) is 2.95. The number of benzene rings is 1. The minimum Gasteiger partial charge on any atom is -0.428 e. The summed E-state index contributed by atoms with van der Waals surface area (Å²) in [6, 6.07) is 6.96. The molecule has 0 saturated heterocycles. The zero-order chi connectivity index (χ0) is 18.1. The molecular weight excluding hydrogens is 316 g/mol. The number of Topliss-reactive ketones (excluding diaryl/α,β-unsaturated/α-hetero) is 1. The second-order valence-corrected chi connectivity index (χ2v) is 6.34. The molecule has 1 aliphatic heterocycles. The van der Waals surface area contributed by atoms with Gasteiger partial charge in [0.05, 0.1) is 0 Å². The molecule has 1 heterocycles. The van der Waals surface area contributed by atoms with Crippen LogP contribution in [0, 0.1) is 0 Å². The molecule has 1 N–H and O–H groups in total. The van der Waals surface area contributed by atoms with Gasteiger partial charge < -0.3 is 9.84 Å². The number of hydrogen-bond donors (Lipinski definition) is 1. The summed E-state index contributed by atoms with van der Waals surface area (Å²) in [6.07, 6.45) is 10.5. The van der Waals surface area contributed by atoms with E-state index in [2.05, 4.69) is 11.3 Å². The van der Waals surface area contributed by atoms with Crippen LogP contribution < -0.4 is 0 Å². The first-order chi connectivity index (χ1) is 12.1. The lowest BCUT2D eigenvalue weighted by atomic mass is 9.99. The minimum atomic E-state index is -1.22. The SMILES string of the molecule is C=CCCCCCCCCC(=O)c1ccc(C2=CC(=O)OC2O)cc1. The summed E-state index contributed by atoms with van der Waals surface area (Å²) in [5, 5.41) is 9.64. The third-order valence-corrected chi connectivity index (χ3v) is 4.37. The number of rotatable bonds is 11. The monoisotopic (exact) mass is 342 g/mol. The van der Waals surface area contributed by atoms with E-state index < -0.39 is 12.3 Å². The lowest BCUT2D eigenvalue weighted by Gasteiger charge is -2.08. The first kappa shape index (κ1) is 19.1. The Hall–Kier alpha value is -2.20. The highest BCUT2D eigenvalue weighted by Gasteiger charge is 2.24. The van der Waals surface area contributed by atoms with Gasteiger partial charge in [-0.1, -0.05) is 56.0 Å². The predicted octanol–water partition coefficient (Wildman–Crippen LogP) is 4.43. The smallest absolute Gasteiger partial charge is 0.333 e. The number of cyclic esters (lactones) is 1. The van der Waals surface area contributed by atoms with Gasteiger partial charge in [0, 0.05) is 23.6 Å². The summed E-state index contributed by atoms with van der Waals surface area (Å²) < 4.78 is 4.67. The summed E-state index contributed by atoms with van der Waals surface area (Å²) in [7, 11) is 0. The molecule has 0 bridgehead atoms. The first-order valence-corrected chi connectivity index (χ1v) is 8.96. The van der Waals surface area contributed by atoms with Crippen molar-refractivity contribution >= 4 is 17.3 Å². The van der Waals surface area contributed by atoms with E-state index in [0.29, 0.717) is 23.1 Å². The largest absolute Gasteiger partial charge is 0.428 e. The summed E-state index contributed by atoms with van der Waals surface area (Å²) >= 11 is 0. The number of allylic oxidation sites excluding steroid dienone is 1. The topological polar surface area (TPSA) is 63.6 Å². The molecule has 0 amide bonds. The van der Waals surface area contributed by atoms with Crippen molar-refractivity contribution in [1.82, 2.24) is 0 Å². The number of esters is 1. The lowest BCUT2D eigenvalue weighted by Crippen LogP contribution is -2.09. The zero-order valence-electron chi connectivity index (χ0n) is 14.6. The van der Waals surface area contributed by atoms with Crippen molar-refractivity contribution in [2.45, 2.75) is 57.7 Å². The Morgan fingerprint density at radius 1 is 1.08 bits per heavy atom. The number of ether oxygens (including phenoxy) is 1. The highest BCUT2D eigenvalue weighted by Crippen LogP contribution is 2.25. The van der Waals surface area contributed by atoms with Gasteiger partial charge >= 0.3 is 5.97 Å². The molecular formula is C21H26O4. The van der Waals surface area contributed by atoms with Crippen LogP contribution in [0.25, 0.3) is 5.57 Å². The summed E-state index contributed by atoms with van der Waals surface area (Å²) in [5.41, 5.74) is 1.78. The fourth-order valence-corrected chi connectivity index (χ4v) is 2.91. The molecule has 1 aromatic carbocycles. The Bertz CT molecular complexity index is 628. The highest BCUT2D eigenvalue weighted by atomic mass is 16.6. The van der Waals surface area contributed by atoms with E-state index in [1.54, 1.807) is 24.3 Å². The number of ketones is 1. The van der Waals surface area contributed by atoms with Crippen LogP contribution in [-0.2, 0) is 9.53 Å². The van der Waals surface area contributed by atoms with Crippen LogP contribution in [0.5, 0.6) is 0 Å². The molecule has 1 aromatic rings. The Labute approximate surface area is 149 Å². The van der Waals surface area contributed by atoms with Gasteiger partial charge in [-0.3, -0.25) is 4.79 Å². The summed E-state index contributed by atoms with van der Waals surface area (Å²) in [5.74, 6) is -0.418. The number of carbonyl (C=O) groups is 2. The molecule has 4 nitrogen and oxygen atoms in total. The molecule has 0 saturated carbocycles. The fraction of sp³-hybridized carbons (Fsp3) is 0.429. The molecule has 1 aliphatic rings. The van der Waals surface area contributed by atoms with Gasteiger partial charge in [0.1, 0.15) is 0 Å². The molecule has 0 radical (unpaired) electrons. The van der Waals surface area contributed by atoms with Crippen molar-refractivity contribution in [3.05, 3.63) is 54.1 Å². The molecule has 1 atom stereocenters. The molecule has 2 rings (SSSR count). The van der Waals surface area contributed by atoms with Crippen LogP contribution in [0.3, 0.4) is 0 Å². The van der Waals surface area contributed by atoms with Crippen molar-refractivity contribution in [3.8, 4) is 0 Å². The van der Waals surface area contributed by atoms with Gasteiger partial charge in [0.15, 0.2) is 5.78 Å². The third kappa shape index (κ3) is 5.98. The van der Waals surface area contributed by atoms with Crippen molar-refractivity contribution in [1.29, 1.82) is 0 Å². The van der Waals surface area contributed by atoms with Crippen LogP contribution >= 0.6 is 0 Å². The number of unbranched alkanes of at least 4 members (excludes halogenated alkanes) is 6. The van der Waals surface area contributed by atoms with Crippen LogP contribution in [0.1, 0.15) is 67.3 Å². The molecule has 0 spiro atoms. The van der Waals surface area contributed by atoms with Crippen molar-refractivity contribution in [2.75, 3.05) is 0 Å². The van der Waals surface area contributed by atoms with E-state index in [1.165, 1.54) is 31.8 Å². The van der Waals surface area contributed by atoms with Crippen LogP contribution in [0.2, 0.25) is 0 Å². The Kier molecular flexibility index (Phi) is 7.61. The van der Waals surface area contributed by atoms with E-state index in [-0.39, 0.29) is 5.78 Å². The lowest BCUT2D eigenvalue weighted by molar-refractivity contribution is -0.149. The van der Waals surface area contributed by atoms with Gasteiger partial charge in [-0.05, 0) is 24.8 Å². The summed E-state index contributed by atoms with van der Waals surface area (Å²) in [4.78, 5) is 23.4. The molecule has 0 aliphatic carbocycles. The highest BCUT2D eigenvalue weighted by molar-refractivity contribution is 5.98. The number of hydrogen-bond acceptors (Lipinski definition) is 4. The quantitative estimate of drug-likeness (QED) is 0.279. The number of aliphatic hydroxyl groups excluding tert-OH is 1. The summed E-state index contributed by atoms with van der Waals surface area (Å²) in [6.45, 7) is 3.72. The molecule has 134 valence electrons. The standard InChI is InChI=1S/C21H26O4/c1-2-3-4-5-6-7-8-9-10-19(22)17-13-11-16(12-14-17)18-15-20(23)25-21(18)24/h2,11-15,21,24H,1,3-10H2. The number of carbonyl (C=O) groups excluding carboxylic acids is 2. The predicted molar refractivity (Wildman–Crippen MR) is 98.0 cm³/mol. The molecule has 0 aromatic heterocycles. The molecule has 4 heteroatoms.